The third-order valence-electron chi connectivity index (χ3n) is 4.99. The maximum atomic E-state index is 11.9. The highest BCUT2D eigenvalue weighted by molar-refractivity contribution is 14.0. The Balaban J connectivity index is 0.00000341. The molecule has 1 saturated heterocycles. The lowest BCUT2D eigenvalue weighted by molar-refractivity contribution is -0.117. The molecule has 1 heterocycles. The van der Waals surface area contributed by atoms with Crippen molar-refractivity contribution in [1.82, 2.24) is 10.6 Å². The molecule has 7 nitrogen and oxygen atoms in total. The number of nitrogens with zero attached hydrogens (tertiary/aromatic N) is 2. The van der Waals surface area contributed by atoms with Crippen LogP contribution in [-0.4, -0.2) is 39.2 Å². The van der Waals surface area contributed by atoms with Gasteiger partial charge < -0.3 is 25.0 Å². The third-order valence-corrected chi connectivity index (χ3v) is 4.99. The van der Waals surface area contributed by atoms with Gasteiger partial charge in [0.25, 0.3) is 0 Å². The summed E-state index contributed by atoms with van der Waals surface area (Å²) in [7, 11) is 3.38. The van der Waals surface area contributed by atoms with Gasteiger partial charge in [0.15, 0.2) is 17.5 Å². The van der Waals surface area contributed by atoms with Crippen LogP contribution in [0.5, 0.6) is 11.5 Å². The normalized spacial score (nSPS) is 13.6. The van der Waals surface area contributed by atoms with E-state index < -0.39 is 0 Å². The van der Waals surface area contributed by atoms with Gasteiger partial charge in [-0.05, 0) is 48.7 Å². The number of rotatable bonds is 8. The smallest absolute Gasteiger partial charge is 0.227 e. The van der Waals surface area contributed by atoms with Crippen LogP contribution in [0.4, 0.5) is 5.69 Å². The molecule has 1 aliphatic heterocycles. The van der Waals surface area contributed by atoms with Crippen LogP contribution in [0, 0.1) is 0 Å². The number of amides is 1. The number of guanidine groups is 1. The molecule has 0 unspecified atom stereocenters. The Labute approximate surface area is 201 Å². The average molecular weight is 538 g/mol. The Morgan fingerprint density at radius 3 is 2.32 bits per heavy atom. The van der Waals surface area contributed by atoms with Gasteiger partial charge in [0.05, 0.1) is 13.7 Å². The highest BCUT2D eigenvalue weighted by Gasteiger charge is 2.21. The Kier molecular flexibility index (Phi) is 9.90. The van der Waals surface area contributed by atoms with Crippen molar-refractivity contribution in [2.24, 2.45) is 4.99 Å². The number of carbonyl (C=O) groups excluding carboxylic acids is 1. The molecule has 1 amide bonds. The van der Waals surface area contributed by atoms with E-state index in [1.165, 1.54) is 0 Å². The Morgan fingerprint density at radius 2 is 1.74 bits per heavy atom. The zero-order chi connectivity index (χ0) is 21.3. The summed E-state index contributed by atoms with van der Waals surface area (Å²) in [6.07, 6.45) is 1.58. The van der Waals surface area contributed by atoms with Crippen LogP contribution in [-0.2, 0) is 17.9 Å². The molecule has 0 bridgehead atoms. The highest BCUT2D eigenvalue weighted by atomic mass is 127. The van der Waals surface area contributed by atoms with Crippen molar-refractivity contribution in [2.45, 2.75) is 32.9 Å². The fraction of sp³-hybridized carbons (Fsp3) is 0.391. The van der Waals surface area contributed by atoms with Gasteiger partial charge in [0.2, 0.25) is 5.91 Å². The predicted octanol–water partition coefficient (Wildman–Crippen LogP) is 3.70. The Bertz CT molecular complexity index is 887. The molecule has 0 saturated carbocycles. The van der Waals surface area contributed by atoms with Crippen LogP contribution in [0.15, 0.2) is 47.5 Å². The van der Waals surface area contributed by atoms with Crippen LogP contribution < -0.4 is 25.0 Å². The molecule has 2 aromatic rings. The molecule has 0 aromatic heterocycles. The number of aliphatic imine (C=N–C) groups is 1. The molecule has 1 fully saturated rings. The molecular formula is C23H31IN4O3. The van der Waals surface area contributed by atoms with Gasteiger partial charge in [-0.1, -0.05) is 18.2 Å². The Morgan fingerprint density at radius 1 is 1.06 bits per heavy atom. The van der Waals surface area contributed by atoms with Crippen LogP contribution in [0.3, 0.4) is 0 Å². The van der Waals surface area contributed by atoms with E-state index in [2.05, 4.69) is 15.6 Å². The number of anilines is 1. The average Bonchev–Trinajstić information content (AvgIpc) is 3.20. The lowest BCUT2D eigenvalue weighted by Gasteiger charge is -2.16. The fourth-order valence-corrected chi connectivity index (χ4v) is 3.41. The van der Waals surface area contributed by atoms with Crippen LogP contribution in [0.1, 0.15) is 30.9 Å². The first-order chi connectivity index (χ1) is 14.6. The summed E-state index contributed by atoms with van der Waals surface area (Å²) in [6, 6.07) is 14.0. The molecule has 2 aromatic carbocycles. The van der Waals surface area contributed by atoms with Crippen molar-refractivity contribution in [2.75, 3.05) is 32.2 Å². The van der Waals surface area contributed by atoms with Gasteiger partial charge in [-0.25, -0.2) is 0 Å². The van der Waals surface area contributed by atoms with Gasteiger partial charge in [-0.15, -0.1) is 24.0 Å². The summed E-state index contributed by atoms with van der Waals surface area (Å²) in [5, 5.41) is 6.63. The largest absolute Gasteiger partial charge is 0.493 e. The monoisotopic (exact) mass is 538 g/mol. The SMILES string of the molecule is CCOc1cc(CNC(=NC)NCc2ccc(N3CCCC3=O)cc2)ccc1OC.I. The summed E-state index contributed by atoms with van der Waals surface area (Å²) in [5.41, 5.74) is 3.16. The molecule has 0 aliphatic carbocycles. The van der Waals surface area contributed by atoms with Gasteiger partial charge in [-0.2, -0.15) is 0 Å². The summed E-state index contributed by atoms with van der Waals surface area (Å²) >= 11 is 0. The first-order valence-electron chi connectivity index (χ1n) is 10.3. The lowest BCUT2D eigenvalue weighted by atomic mass is 10.2. The summed E-state index contributed by atoms with van der Waals surface area (Å²) in [6.45, 7) is 4.59. The lowest BCUT2D eigenvalue weighted by Crippen LogP contribution is -2.36. The minimum absolute atomic E-state index is 0. The third kappa shape index (κ3) is 6.75. The van der Waals surface area contributed by atoms with Crippen molar-refractivity contribution in [3.05, 3.63) is 53.6 Å². The zero-order valence-electron chi connectivity index (χ0n) is 18.3. The first-order valence-corrected chi connectivity index (χ1v) is 10.3. The molecule has 31 heavy (non-hydrogen) atoms. The number of carbonyl (C=O) groups is 1. The van der Waals surface area contributed by atoms with Gasteiger partial charge in [-0.3, -0.25) is 9.79 Å². The van der Waals surface area contributed by atoms with E-state index in [1.54, 1.807) is 14.2 Å². The minimum Gasteiger partial charge on any atom is -0.493 e. The predicted molar refractivity (Wildman–Crippen MR) is 135 cm³/mol. The fourth-order valence-electron chi connectivity index (χ4n) is 3.41. The molecule has 1 aliphatic rings. The molecule has 8 heteroatoms. The summed E-state index contributed by atoms with van der Waals surface area (Å²) in [4.78, 5) is 18.0. The number of ether oxygens (including phenoxy) is 2. The van der Waals surface area contributed by atoms with E-state index in [0.717, 1.165) is 41.3 Å². The maximum absolute atomic E-state index is 11.9. The first kappa shape index (κ1) is 24.8. The van der Waals surface area contributed by atoms with Crippen LogP contribution in [0.25, 0.3) is 0 Å². The number of halogens is 1. The van der Waals surface area contributed by atoms with Crippen molar-refractivity contribution in [3.63, 3.8) is 0 Å². The minimum atomic E-state index is 0. The van der Waals surface area contributed by atoms with E-state index in [-0.39, 0.29) is 29.9 Å². The molecule has 2 N–H and O–H groups in total. The van der Waals surface area contributed by atoms with E-state index in [0.29, 0.717) is 32.1 Å². The van der Waals surface area contributed by atoms with Crippen LogP contribution in [0.2, 0.25) is 0 Å². The molecule has 0 atom stereocenters. The number of hydrogen-bond donors (Lipinski definition) is 2. The van der Waals surface area contributed by atoms with Gasteiger partial charge in [0.1, 0.15) is 0 Å². The number of nitrogens with one attached hydrogen (secondary N) is 2. The van der Waals surface area contributed by atoms with E-state index in [9.17, 15) is 4.79 Å². The Hall–Kier alpha value is -2.49. The van der Waals surface area contributed by atoms with Crippen LogP contribution >= 0.6 is 24.0 Å². The molecule has 0 radical (unpaired) electrons. The van der Waals surface area contributed by atoms with E-state index >= 15 is 0 Å². The standard InChI is InChI=1S/C23H30N4O3.HI/c1-4-30-21-14-18(9-12-20(21)29-3)16-26-23(24-2)25-15-17-7-10-19(11-8-17)27-13-5-6-22(27)28;/h7-12,14H,4-6,13,15-16H2,1-3H3,(H2,24,25,26);1H. The highest BCUT2D eigenvalue weighted by Crippen LogP contribution is 2.28. The van der Waals surface area contributed by atoms with Crippen molar-refractivity contribution < 1.29 is 14.3 Å². The molecule has 3 rings (SSSR count). The van der Waals surface area contributed by atoms with E-state index in [1.807, 2.05) is 54.3 Å². The second-order valence-electron chi connectivity index (χ2n) is 7.01. The van der Waals surface area contributed by atoms with Crippen molar-refractivity contribution >= 4 is 41.5 Å². The van der Waals surface area contributed by atoms with Gasteiger partial charge in [0, 0.05) is 38.8 Å². The summed E-state index contributed by atoms with van der Waals surface area (Å²) in [5.74, 6) is 2.38. The molecule has 168 valence electrons. The van der Waals surface area contributed by atoms with Crippen molar-refractivity contribution in [1.29, 1.82) is 0 Å². The number of hydrogen-bond acceptors (Lipinski definition) is 4. The maximum Gasteiger partial charge on any atom is 0.227 e. The number of benzene rings is 2. The quantitative estimate of drug-likeness (QED) is 0.305. The second kappa shape index (κ2) is 12.4. The van der Waals surface area contributed by atoms with E-state index in [4.69, 9.17) is 9.47 Å². The number of methoxy groups -OCH3 is 1. The van der Waals surface area contributed by atoms with Crippen molar-refractivity contribution in [3.8, 4) is 11.5 Å². The van der Waals surface area contributed by atoms with Gasteiger partial charge >= 0.3 is 0 Å². The topological polar surface area (TPSA) is 75.2 Å². The zero-order valence-corrected chi connectivity index (χ0v) is 20.6. The summed E-state index contributed by atoms with van der Waals surface area (Å²) < 4.78 is 11.0. The second-order valence-corrected chi connectivity index (χ2v) is 7.01. The molecule has 0 spiro atoms. The molecular weight excluding hydrogens is 507 g/mol.